The van der Waals surface area contributed by atoms with E-state index >= 15 is 0 Å². The molecule has 1 amide bonds. The number of nitrogens with one attached hydrogen (secondary N) is 2. The van der Waals surface area contributed by atoms with Crippen LogP contribution < -0.4 is 19.9 Å². The molecule has 0 bridgehead atoms. The molecule has 2 aromatic rings. The Labute approximate surface area is 173 Å². The van der Waals surface area contributed by atoms with E-state index in [1.807, 2.05) is 6.07 Å². The topological polar surface area (TPSA) is 71.8 Å². The summed E-state index contributed by atoms with van der Waals surface area (Å²) >= 11 is 0. The van der Waals surface area contributed by atoms with Gasteiger partial charge in [0.1, 0.15) is 5.75 Å². The van der Waals surface area contributed by atoms with E-state index in [1.165, 1.54) is 21.6 Å². The highest BCUT2D eigenvalue weighted by atomic mass is 16.5. The molecule has 1 aromatic heterocycles. The van der Waals surface area contributed by atoms with Gasteiger partial charge >= 0.3 is 0 Å². The summed E-state index contributed by atoms with van der Waals surface area (Å²) in [5.41, 5.74) is 3.64. The number of aryl methyl sites for hydroxylation is 2. The zero-order valence-electron chi connectivity index (χ0n) is 17.7. The van der Waals surface area contributed by atoms with Gasteiger partial charge in [-0.1, -0.05) is 6.07 Å². The molecule has 7 heteroatoms. The lowest BCUT2D eigenvalue weighted by Crippen LogP contribution is -3.16. The van der Waals surface area contributed by atoms with Crippen molar-refractivity contribution < 1.29 is 14.4 Å². The van der Waals surface area contributed by atoms with Crippen molar-refractivity contribution in [3.8, 4) is 5.75 Å². The smallest absolute Gasteiger partial charge is 0.275 e. The number of quaternary nitrogens is 1. The maximum atomic E-state index is 12.2. The molecular formula is C22H32N5O2+. The van der Waals surface area contributed by atoms with E-state index in [0.717, 1.165) is 44.3 Å². The standard InChI is InChI=1S/C22H31N5O2/c1-17-14-18(2)19(3)20(15-17)29-13-5-8-23-21(28)16-26-9-11-27(12-10-26)22-24-6-4-7-25-22/h4,6-7,14-15H,5,8-13,16H2,1-3H3,(H,23,28)/p+1. The van der Waals surface area contributed by atoms with Crippen LogP contribution in [0.4, 0.5) is 5.95 Å². The Morgan fingerprint density at radius 2 is 1.90 bits per heavy atom. The molecule has 0 radical (unpaired) electrons. The molecule has 0 atom stereocenters. The molecular weight excluding hydrogens is 366 g/mol. The number of nitrogens with zero attached hydrogens (tertiary/aromatic N) is 3. The van der Waals surface area contributed by atoms with Gasteiger partial charge in [0, 0.05) is 18.9 Å². The van der Waals surface area contributed by atoms with Crippen molar-refractivity contribution in [1.29, 1.82) is 0 Å². The van der Waals surface area contributed by atoms with E-state index in [0.29, 0.717) is 19.7 Å². The molecule has 0 unspecified atom stereocenters. The minimum atomic E-state index is 0.104. The third kappa shape index (κ3) is 6.15. The van der Waals surface area contributed by atoms with Crippen molar-refractivity contribution in [2.45, 2.75) is 27.2 Å². The normalized spacial score (nSPS) is 14.7. The lowest BCUT2D eigenvalue weighted by atomic mass is 10.1. The third-order valence-corrected chi connectivity index (χ3v) is 5.38. The second-order valence-electron chi connectivity index (χ2n) is 7.72. The van der Waals surface area contributed by atoms with Crippen LogP contribution in [-0.2, 0) is 4.79 Å². The number of benzene rings is 1. The summed E-state index contributed by atoms with van der Waals surface area (Å²) in [6, 6.07) is 6.06. The fraction of sp³-hybridized carbons (Fsp3) is 0.500. The molecule has 2 N–H and O–H groups in total. The first-order valence-electron chi connectivity index (χ1n) is 10.4. The number of carbonyl (C=O) groups is 1. The molecule has 0 spiro atoms. The number of hydrogen-bond acceptors (Lipinski definition) is 5. The van der Waals surface area contributed by atoms with Crippen LogP contribution in [0.5, 0.6) is 5.75 Å². The Kier molecular flexibility index (Phi) is 7.41. The van der Waals surface area contributed by atoms with Gasteiger partial charge in [-0.3, -0.25) is 4.79 Å². The molecule has 3 rings (SSSR count). The van der Waals surface area contributed by atoms with Gasteiger partial charge in [0.2, 0.25) is 5.95 Å². The maximum Gasteiger partial charge on any atom is 0.275 e. The SMILES string of the molecule is Cc1cc(C)c(C)c(OCCCNC(=O)C[NH+]2CCN(c3ncccn3)CC2)c1. The Bertz CT molecular complexity index is 804. The molecule has 156 valence electrons. The van der Waals surface area contributed by atoms with Gasteiger partial charge in [-0.2, -0.15) is 0 Å². The number of aromatic nitrogens is 2. The van der Waals surface area contributed by atoms with Crippen LogP contribution in [-0.4, -0.2) is 61.8 Å². The highest BCUT2D eigenvalue weighted by Gasteiger charge is 2.23. The van der Waals surface area contributed by atoms with Gasteiger partial charge in [0.25, 0.3) is 5.91 Å². The molecule has 0 aliphatic carbocycles. The number of carbonyl (C=O) groups excluding carboxylic acids is 1. The second kappa shape index (κ2) is 10.2. The van der Waals surface area contributed by atoms with Gasteiger partial charge in [0.05, 0.1) is 32.8 Å². The van der Waals surface area contributed by atoms with Crippen molar-refractivity contribution in [1.82, 2.24) is 15.3 Å². The first kappa shape index (κ1) is 21.0. The zero-order valence-corrected chi connectivity index (χ0v) is 17.7. The molecule has 1 aliphatic heterocycles. The monoisotopic (exact) mass is 398 g/mol. The molecule has 29 heavy (non-hydrogen) atoms. The lowest BCUT2D eigenvalue weighted by molar-refractivity contribution is -0.892. The minimum absolute atomic E-state index is 0.104. The van der Waals surface area contributed by atoms with E-state index in [4.69, 9.17) is 4.74 Å². The summed E-state index contributed by atoms with van der Waals surface area (Å²) in [4.78, 5) is 24.3. The number of rotatable bonds is 8. The van der Waals surface area contributed by atoms with Crippen LogP contribution in [0, 0.1) is 20.8 Å². The zero-order chi connectivity index (χ0) is 20.6. The summed E-state index contributed by atoms with van der Waals surface area (Å²) in [5, 5.41) is 3.02. The Hall–Kier alpha value is -2.67. The Morgan fingerprint density at radius 3 is 2.62 bits per heavy atom. The van der Waals surface area contributed by atoms with Crippen molar-refractivity contribution in [2.75, 3.05) is 50.8 Å². The molecule has 1 saturated heterocycles. The van der Waals surface area contributed by atoms with Crippen LogP contribution in [0.3, 0.4) is 0 Å². The van der Waals surface area contributed by atoms with E-state index in [1.54, 1.807) is 12.4 Å². The average Bonchev–Trinajstić information content (AvgIpc) is 2.72. The summed E-state index contributed by atoms with van der Waals surface area (Å²) in [6.45, 7) is 11.6. The fourth-order valence-electron chi connectivity index (χ4n) is 3.58. The summed E-state index contributed by atoms with van der Waals surface area (Å²) < 4.78 is 5.91. The summed E-state index contributed by atoms with van der Waals surface area (Å²) in [6.07, 6.45) is 4.33. The predicted octanol–water partition coefficient (Wildman–Crippen LogP) is 0.692. The minimum Gasteiger partial charge on any atom is -0.493 e. The average molecular weight is 399 g/mol. The lowest BCUT2D eigenvalue weighted by Gasteiger charge is -2.31. The van der Waals surface area contributed by atoms with E-state index < -0.39 is 0 Å². The van der Waals surface area contributed by atoms with E-state index in [9.17, 15) is 4.79 Å². The number of piperazine rings is 1. The van der Waals surface area contributed by atoms with Gasteiger partial charge in [-0.05, 0) is 56.0 Å². The van der Waals surface area contributed by atoms with Gasteiger partial charge < -0.3 is 19.9 Å². The largest absolute Gasteiger partial charge is 0.493 e. The van der Waals surface area contributed by atoms with E-state index in [-0.39, 0.29) is 5.91 Å². The van der Waals surface area contributed by atoms with Crippen LogP contribution in [0.2, 0.25) is 0 Å². The first-order chi connectivity index (χ1) is 14.0. The molecule has 7 nitrogen and oxygen atoms in total. The quantitative estimate of drug-likeness (QED) is 0.641. The highest BCUT2D eigenvalue weighted by Crippen LogP contribution is 2.23. The fourth-order valence-corrected chi connectivity index (χ4v) is 3.58. The highest BCUT2D eigenvalue weighted by molar-refractivity contribution is 5.76. The van der Waals surface area contributed by atoms with Crippen LogP contribution in [0.15, 0.2) is 30.6 Å². The van der Waals surface area contributed by atoms with Gasteiger partial charge in [-0.25, -0.2) is 9.97 Å². The van der Waals surface area contributed by atoms with Crippen molar-refractivity contribution in [3.05, 3.63) is 47.3 Å². The predicted molar refractivity (Wildman–Crippen MR) is 114 cm³/mol. The van der Waals surface area contributed by atoms with Crippen LogP contribution in [0.25, 0.3) is 0 Å². The summed E-state index contributed by atoms with van der Waals surface area (Å²) in [5.74, 6) is 1.82. The first-order valence-corrected chi connectivity index (χ1v) is 10.4. The van der Waals surface area contributed by atoms with Crippen molar-refractivity contribution >= 4 is 11.9 Å². The van der Waals surface area contributed by atoms with Gasteiger partial charge in [-0.15, -0.1) is 0 Å². The number of ether oxygens (including phenoxy) is 1. The maximum absolute atomic E-state index is 12.2. The number of hydrogen-bond donors (Lipinski definition) is 2. The number of amides is 1. The van der Waals surface area contributed by atoms with Crippen molar-refractivity contribution in [2.24, 2.45) is 0 Å². The van der Waals surface area contributed by atoms with Crippen LogP contribution >= 0.6 is 0 Å². The Morgan fingerprint density at radius 1 is 1.17 bits per heavy atom. The molecule has 1 aliphatic rings. The molecule has 1 aromatic carbocycles. The third-order valence-electron chi connectivity index (χ3n) is 5.38. The molecule has 2 heterocycles. The second-order valence-corrected chi connectivity index (χ2v) is 7.72. The molecule has 1 fully saturated rings. The van der Waals surface area contributed by atoms with E-state index in [2.05, 4.69) is 53.1 Å². The molecule has 0 saturated carbocycles. The van der Waals surface area contributed by atoms with Crippen molar-refractivity contribution in [3.63, 3.8) is 0 Å². The Balaban J connectivity index is 1.31. The summed E-state index contributed by atoms with van der Waals surface area (Å²) in [7, 11) is 0. The number of anilines is 1. The van der Waals surface area contributed by atoms with Gasteiger partial charge in [0.15, 0.2) is 6.54 Å². The van der Waals surface area contributed by atoms with Crippen LogP contribution in [0.1, 0.15) is 23.1 Å².